The fourth-order valence-corrected chi connectivity index (χ4v) is 5.14. The maximum Gasteiger partial charge on any atom is 0.222 e. The Labute approximate surface area is 179 Å². The minimum Gasteiger partial charge on any atom is -0.435 e. The highest BCUT2D eigenvalue weighted by Crippen LogP contribution is 2.36. The minimum atomic E-state index is -0.268. The molecule has 0 spiro atoms. The molecule has 2 aliphatic rings. The van der Waals surface area contributed by atoms with Crippen molar-refractivity contribution in [1.29, 1.82) is 0 Å². The van der Waals surface area contributed by atoms with Crippen LogP contribution in [0.15, 0.2) is 52.5 Å². The molecule has 0 atom stereocenters. The molecule has 0 saturated heterocycles. The van der Waals surface area contributed by atoms with Crippen molar-refractivity contribution in [2.45, 2.75) is 38.0 Å². The summed E-state index contributed by atoms with van der Waals surface area (Å²) in [7, 11) is 2.01. The van der Waals surface area contributed by atoms with Crippen LogP contribution in [-0.2, 0) is 7.05 Å². The number of hydrogen-bond donors (Lipinski definition) is 0. The van der Waals surface area contributed by atoms with E-state index in [-0.39, 0.29) is 17.1 Å². The summed E-state index contributed by atoms with van der Waals surface area (Å²) in [4.78, 5) is 30.5. The van der Waals surface area contributed by atoms with Gasteiger partial charge in [-0.2, -0.15) is 4.98 Å². The zero-order chi connectivity index (χ0) is 21.1. The lowest BCUT2D eigenvalue weighted by molar-refractivity contribution is 0.0990. The molecular formula is C26H22N2O3. The first kappa shape index (κ1) is 18.3. The van der Waals surface area contributed by atoms with Crippen molar-refractivity contribution in [3.63, 3.8) is 0 Å². The molecule has 4 aromatic rings. The molecule has 2 aromatic carbocycles. The van der Waals surface area contributed by atoms with Crippen molar-refractivity contribution in [2.24, 2.45) is 7.05 Å². The van der Waals surface area contributed by atoms with E-state index in [1.807, 2.05) is 31.3 Å². The molecule has 0 amide bonds. The number of aromatic nitrogens is 2. The van der Waals surface area contributed by atoms with Crippen LogP contribution in [0.3, 0.4) is 0 Å². The summed E-state index contributed by atoms with van der Waals surface area (Å²) in [5.41, 5.74) is 3.73. The number of ketones is 2. The first-order valence-corrected chi connectivity index (χ1v) is 10.9. The highest BCUT2D eigenvalue weighted by Gasteiger charge is 2.34. The van der Waals surface area contributed by atoms with Crippen LogP contribution in [0.25, 0.3) is 28.1 Å². The largest absolute Gasteiger partial charge is 0.435 e. The number of carbonyl (C=O) groups is 2. The number of rotatable bonds is 2. The number of Topliss-reactive ketones (excluding diaryl/α,β-unsaturated/α-hetero) is 2. The van der Waals surface area contributed by atoms with Gasteiger partial charge in [-0.1, -0.05) is 43.5 Å². The Hall–Kier alpha value is -3.47. The van der Waals surface area contributed by atoms with Gasteiger partial charge in [-0.3, -0.25) is 9.59 Å². The highest BCUT2D eigenvalue weighted by molar-refractivity contribution is 6.41. The third kappa shape index (κ3) is 2.80. The lowest BCUT2D eigenvalue weighted by Gasteiger charge is -2.22. The van der Waals surface area contributed by atoms with Crippen molar-refractivity contribution < 1.29 is 14.0 Å². The maximum absolute atomic E-state index is 13.0. The van der Waals surface area contributed by atoms with Crippen LogP contribution in [0.2, 0.25) is 0 Å². The van der Waals surface area contributed by atoms with Gasteiger partial charge < -0.3 is 8.98 Å². The van der Waals surface area contributed by atoms with Crippen LogP contribution in [-0.4, -0.2) is 21.1 Å². The smallest absolute Gasteiger partial charge is 0.222 e. The van der Waals surface area contributed by atoms with E-state index in [2.05, 4.69) is 15.6 Å². The lowest BCUT2D eigenvalue weighted by Crippen LogP contribution is -2.08. The van der Waals surface area contributed by atoms with E-state index >= 15 is 0 Å². The first-order chi connectivity index (χ1) is 15.1. The molecule has 0 unspecified atom stereocenters. The molecule has 5 nitrogen and oxygen atoms in total. The molecule has 31 heavy (non-hydrogen) atoms. The van der Waals surface area contributed by atoms with Gasteiger partial charge in [-0.05, 0) is 41.7 Å². The Morgan fingerprint density at radius 3 is 2.23 bits per heavy atom. The first-order valence-electron chi connectivity index (χ1n) is 10.9. The van der Waals surface area contributed by atoms with Gasteiger partial charge in [0.25, 0.3) is 0 Å². The number of benzene rings is 2. The van der Waals surface area contributed by atoms with E-state index in [4.69, 9.17) is 4.42 Å². The Kier molecular flexibility index (Phi) is 4.00. The predicted molar refractivity (Wildman–Crippen MR) is 119 cm³/mol. The Balaban J connectivity index is 1.38. The van der Waals surface area contributed by atoms with Gasteiger partial charge in [-0.25, -0.2) is 0 Å². The molecule has 0 radical (unpaired) electrons. The van der Waals surface area contributed by atoms with E-state index in [1.54, 1.807) is 12.1 Å². The Bertz CT molecular complexity index is 1360. The number of carbonyl (C=O) groups excluding carboxylic acids is 2. The van der Waals surface area contributed by atoms with Crippen molar-refractivity contribution in [3.05, 3.63) is 70.7 Å². The average Bonchev–Trinajstić information content (AvgIpc) is 3.41. The van der Waals surface area contributed by atoms with Gasteiger partial charge >= 0.3 is 0 Å². The van der Waals surface area contributed by atoms with Crippen LogP contribution in [0.4, 0.5) is 0 Å². The van der Waals surface area contributed by atoms with E-state index in [0.29, 0.717) is 28.5 Å². The molecule has 2 aromatic heterocycles. The predicted octanol–water partition coefficient (Wildman–Crippen LogP) is 5.83. The number of fused-ring (bicyclic) bond motifs is 3. The number of oxazole rings is 1. The molecule has 154 valence electrons. The molecule has 1 saturated carbocycles. The lowest BCUT2D eigenvalue weighted by atomic mass is 9.87. The van der Waals surface area contributed by atoms with Crippen LogP contribution < -0.4 is 0 Å². The van der Waals surface area contributed by atoms with Crippen molar-refractivity contribution in [3.8, 4) is 0 Å². The molecule has 0 aliphatic heterocycles. The highest BCUT2D eigenvalue weighted by atomic mass is 16.3. The van der Waals surface area contributed by atoms with Crippen molar-refractivity contribution >= 4 is 39.6 Å². The number of hydrogen-bond acceptors (Lipinski definition) is 4. The minimum absolute atomic E-state index is 0.115. The second-order valence-corrected chi connectivity index (χ2v) is 8.66. The van der Waals surface area contributed by atoms with Crippen LogP contribution >= 0.6 is 0 Å². The van der Waals surface area contributed by atoms with Gasteiger partial charge in [0.05, 0.1) is 5.57 Å². The van der Waals surface area contributed by atoms with E-state index in [1.165, 1.54) is 43.9 Å². The standard InChI is InChI=1S/C26H22N2O3/c1-28-21(15-7-3-2-4-8-15)14-22-26(28)27-23(31-22)13-20-24(29)18-11-16-9-5-6-10-17(16)12-19(18)25(20)30/h5-6,9-15H,2-4,7-8H2,1H3. The summed E-state index contributed by atoms with van der Waals surface area (Å²) in [6, 6.07) is 13.4. The zero-order valence-corrected chi connectivity index (χ0v) is 17.4. The number of nitrogens with zero attached hydrogens (tertiary/aromatic N) is 2. The number of aryl methyl sites for hydroxylation is 1. The summed E-state index contributed by atoms with van der Waals surface area (Å²) >= 11 is 0. The Morgan fingerprint density at radius 2 is 1.61 bits per heavy atom. The van der Waals surface area contributed by atoms with Gasteiger partial charge in [0.15, 0.2) is 22.8 Å². The SMILES string of the molecule is Cn1c(C2CCCCC2)cc2oc(C=C3C(=O)c4cc5ccccc5cc4C3=O)nc21. The monoisotopic (exact) mass is 410 g/mol. The normalized spacial score (nSPS) is 17.1. The quantitative estimate of drug-likeness (QED) is 0.308. The summed E-state index contributed by atoms with van der Waals surface area (Å²) in [5.74, 6) is 0.309. The van der Waals surface area contributed by atoms with Crippen LogP contribution in [0, 0.1) is 0 Å². The fraction of sp³-hybridized carbons (Fsp3) is 0.269. The fourth-order valence-electron chi connectivity index (χ4n) is 5.14. The summed E-state index contributed by atoms with van der Waals surface area (Å²) in [6.45, 7) is 0. The van der Waals surface area contributed by atoms with Gasteiger partial charge in [-0.15, -0.1) is 0 Å². The maximum atomic E-state index is 13.0. The molecule has 1 fully saturated rings. The van der Waals surface area contributed by atoms with E-state index in [9.17, 15) is 9.59 Å². The van der Waals surface area contributed by atoms with Crippen LogP contribution in [0.1, 0.15) is 70.3 Å². The topological polar surface area (TPSA) is 65.1 Å². The number of allylic oxidation sites excluding steroid dienone is 1. The van der Waals surface area contributed by atoms with Gasteiger partial charge in [0.2, 0.25) is 5.89 Å². The van der Waals surface area contributed by atoms with Gasteiger partial charge in [0.1, 0.15) is 0 Å². The van der Waals surface area contributed by atoms with E-state index < -0.39 is 0 Å². The summed E-state index contributed by atoms with van der Waals surface area (Å²) in [5, 5.41) is 1.89. The molecule has 2 heterocycles. The second-order valence-electron chi connectivity index (χ2n) is 8.66. The van der Waals surface area contributed by atoms with Gasteiger partial charge in [0, 0.05) is 36.0 Å². The molecule has 6 rings (SSSR count). The van der Waals surface area contributed by atoms with E-state index in [0.717, 1.165) is 16.4 Å². The second kappa shape index (κ2) is 6.77. The molecule has 5 heteroatoms. The molecule has 0 N–H and O–H groups in total. The van der Waals surface area contributed by atoms with Crippen LogP contribution in [0.5, 0.6) is 0 Å². The molecule has 2 aliphatic carbocycles. The summed E-state index contributed by atoms with van der Waals surface area (Å²) in [6.07, 6.45) is 7.74. The summed E-state index contributed by atoms with van der Waals surface area (Å²) < 4.78 is 8.04. The molecular weight excluding hydrogens is 388 g/mol. The Morgan fingerprint density at radius 1 is 0.968 bits per heavy atom. The third-order valence-corrected chi connectivity index (χ3v) is 6.79. The van der Waals surface area contributed by atoms with Crippen molar-refractivity contribution in [2.75, 3.05) is 0 Å². The third-order valence-electron chi connectivity index (χ3n) is 6.79. The average molecular weight is 410 g/mol. The van der Waals surface area contributed by atoms with Crippen molar-refractivity contribution in [1.82, 2.24) is 9.55 Å². The zero-order valence-electron chi connectivity index (χ0n) is 17.4. The molecule has 0 bridgehead atoms.